The molecule has 0 spiro atoms. The van der Waals surface area contributed by atoms with Crippen molar-refractivity contribution in [3.63, 3.8) is 0 Å². The van der Waals surface area contributed by atoms with Gasteiger partial charge in [-0.3, -0.25) is 0 Å². The predicted octanol–water partition coefficient (Wildman–Crippen LogP) is 6.19. The Bertz CT molecular complexity index is 687. The predicted molar refractivity (Wildman–Crippen MR) is 124 cm³/mol. The Morgan fingerprint density at radius 1 is 0.852 bits per heavy atom. The van der Waals surface area contributed by atoms with Gasteiger partial charge in [0.2, 0.25) is 0 Å². The summed E-state index contributed by atoms with van der Waals surface area (Å²) < 4.78 is 2.54. The second-order valence-electron chi connectivity index (χ2n) is 6.55. The lowest BCUT2D eigenvalue weighted by molar-refractivity contribution is 0.263. The largest absolute Gasteiger partial charge is 0.506 e. The zero-order valence-corrected chi connectivity index (χ0v) is 21.6. The van der Waals surface area contributed by atoms with Crippen LogP contribution in [0.4, 0.5) is 0 Å². The van der Waals surface area contributed by atoms with E-state index in [2.05, 4.69) is 77.6 Å². The van der Waals surface area contributed by atoms with E-state index >= 15 is 0 Å². The molecule has 0 radical (unpaired) electrons. The van der Waals surface area contributed by atoms with E-state index in [-0.39, 0.29) is 29.6 Å². The van der Waals surface area contributed by atoms with Crippen LogP contribution in [0.1, 0.15) is 38.3 Å². The van der Waals surface area contributed by atoms with Crippen molar-refractivity contribution in [3.05, 3.63) is 53.3 Å². The number of phenolic OH excluding ortho intramolecular Hbond substituents is 2. The Labute approximate surface area is 193 Å². The second kappa shape index (κ2) is 10.6. The molecule has 1 atom stereocenters. The topological polar surface area (TPSA) is 86.7 Å². The first-order valence-electron chi connectivity index (χ1n) is 8.19. The fourth-order valence-electron chi connectivity index (χ4n) is 2.15. The van der Waals surface area contributed by atoms with Crippen molar-refractivity contribution >= 4 is 63.7 Å². The summed E-state index contributed by atoms with van der Waals surface area (Å²) in [7, 11) is 0. The molecule has 0 saturated heterocycles. The van der Waals surface area contributed by atoms with Gasteiger partial charge in [0.15, 0.2) is 0 Å². The van der Waals surface area contributed by atoms with Crippen LogP contribution in [0.25, 0.3) is 0 Å². The summed E-state index contributed by atoms with van der Waals surface area (Å²) in [6.07, 6.45) is 0.858. The maximum atomic E-state index is 9.85. The van der Waals surface area contributed by atoms with Gasteiger partial charge in [-0.1, -0.05) is 20.8 Å². The summed E-state index contributed by atoms with van der Waals surface area (Å²) in [6, 6.07) is 7.58. The fourth-order valence-corrected chi connectivity index (χ4v) is 4.52. The van der Waals surface area contributed by atoms with Crippen LogP contribution in [0.5, 0.6) is 11.5 Å². The molecule has 150 valence electrons. The third-order valence-corrected chi connectivity index (χ3v) is 6.65. The van der Waals surface area contributed by atoms with Crippen molar-refractivity contribution in [1.82, 2.24) is 0 Å². The first-order chi connectivity index (χ1) is 12.4. The SMILES string of the molecule is CC(C)(c1cc(Br)c(O)c(Br)c1)c1cc(Br)c(O)c(Br)c1.CCC(N)CO. The van der Waals surface area contributed by atoms with Gasteiger partial charge < -0.3 is 21.1 Å². The summed E-state index contributed by atoms with van der Waals surface area (Å²) in [5.41, 5.74) is 6.98. The van der Waals surface area contributed by atoms with Gasteiger partial charge in [-0.2, -0.15) is 0 Å². The average molecular weight is 633 g/mol. The molecule has 0 aromatic heterocycles. The Hall–Kier alpha value is -0.120. The smallest absolute Gasteiger partial charge is 0.143 e. The van der Waals surface area contributed by atoms with Gasteiger partial charge in [0, 0.05) is 11.5 Å². The van der Waals surface area contributed by atoms with Crippen molar-refractivity contribution in [2.75, 3.05) is 6.61 Å². The summed E-state index contributed by atoms with van der Waals surface area (Å²) in [4.78, 5) is 0. The number of aromatic hydroxyl groups is 2. The lowest BCUT2D eigenvalue weighted by Crippen LogP contribution is -2.22. The van der Waals surface area contributed by atoms with E-state index < -0.39 is 0 Å². The first kappa shape index (κ1) is 24.9. The maximum absolute atomic E-state index is 9.85. The number of aliphatic hydroxyl groups excluding tert-OH is 1. The summed E-state index contributed by atoms with van der Waals surface area (Å²) in [5.74, 6) is 0.366. The molecule has 2 aromatic rings. The van der Waals surface area contributed by atoms with Crippen LogP contribution in [0.15, 0.2) is 42.2 Å². The molecule has 0 saturated carbocycles. The number of benzene rings is 2. The lowest BCUT2D eigenvalue weighted by Gasteiger charge is -2.27. The Kier molecular flexibility index (Phi) is 9.78. The van der Waals surface area contributed by atoms with Crippen LogP contribution in [0.2, 0.25) is 0 Å². The molecule has 2 rings (SSSR count). The number of phenols is 2. The molecule has 0 aliphatic rings. The van der Waals surface area contributed by atoms with Crippen molar-refractivity contribution in [2.24, 2.45) is 5.73 Å². The number of hydrogen-bond donors (Lipinski definition) is 4. The van der Waals surface area contributed by atoms with E-state index in [0.29, 0.717) is 17.9 Å². The van der Waals surface area contributed by atoms with Gasteiger partial charge in [0.25, 0.3) is 0 Å². The minimum absolute atomic E-state index is 0.00926. The van der Waals surface area contributed by atoms with Crippen LogP contribution in [0, 0.1) is 0 Å². The number of halogens is 4. The lowest BCUT2D eigenvalue weighted by atomic mass is 9.78. The molecule has 5 N–H and O–H groups in total. The van der Waals surface area contributed by atoms with E-state index in [1.807, 2.05) is 31.2 Å². The van der Waals surface area contributed by atoms with Crippen molar-refractivity contribution in [1.29, 1.82) is 0 Å². The molecule has 0 heterocycles. The van der Waals surface area contributed by atoms with Gasteiger partial charge in [-0.15, -0.1) is 0 Å². The number of aliphatic hydroxyl groups is 1. The normalized spacial score (nSPS) is 12.3. The summed E-state index contributed by atoms with van der Waals surface area (Å²) in [6.45, 7) is 6.23. The first-order valence-corrected chi connectivity index (χ1v) is 11.4. The quantitative estimate of drug-likeness (QED) is 0.324. The Balaban J connectivity index is 0.000000527. The Morgan fingerprint density at radius 2 is 1.15 bits per heavy atom. The third-order valence-electron chi connectivity index (χ3n) is 4.24. The van der Waals surface area contributed by atoms with E-state index in [1.54, 1.807) is 0 Å². The standard InChI is InChI=1S/C15H12Br4O2.C4H11NO/c1-15(2,7-3-9(16)13(20)10(17)4-7)8-5-11(18)14(21)12(19)6-8;1-2-4(5)3-6/h3-6,20-21H,1-2H3;4,6H,2-3,5H2,1H3. The monoisotopic (exact) mass is 629 g/mol. The van der Waals surface area contributed by atoms with E-state index in [4.69, 9.17) is 10.8 Å². The summed E-state index contributed by atoms with van der Waals surface area (Å²) >= 11 is 13.5. The fraction of sp³-hybridized carbons (Fsp3) is 0.368. The molecule has 0 fully saturated rings. The maximum Gasteiger partial charge on any atom is 0.143 e. The third kappa shape index (κ3) is 6.44. The average Bonchev–Trinajstić information content (AvgIpc) is 2.62. The van der Waals surface area contributed by atoms with Crippen molar-refractivity contribution in [3.8, 4) is 11.5 Å². The molecular weight excluding hydrogens is 610 g/mol. The highest BCUT2D eigenvalue weighted by atomic mass is 79.9. The minimum atomic E-state index is -0.308. The van der Waals surface area contributed by atoms with Gasteiger partial charge >= 0.3 is 0 Å². The van der Waals surface area contributed by atoms with Crippen LogP contribution >= 0.6 is 63.7 Å². The molecule has 0 aliphatic carbocycles. The number of nitrogens with two attached hydrogens (primary N) is 1. The highest BCUT2D eigenvalue weighted by Gasteiger charge is 2.26. The van der Waals surface area contributed by atoms with Gasteiger partial charge in [0.05, 0.1) is 24.5 Å². The van der Waals surface area contributed by atoms with Crippen LogP contribution in [-0.2, 0) is 5.41 Å². The molecule has 4 nitrogen and oxygen atoms in total. The van der Waals surface area contributed by atoms with E-state index in [9.17, 15) is 10.2 Å². The molecule has 2 aromatic carbocycles. The Morgan fingerprint density at radius 3 is 1.33 bits per heavy atom. The molecule has 1 unspecified atom stereocenters. The number of rotatable bonds is 4. The molecule has 8 heteroatoms. The van der Waals surface area contributed by atoms with Crippen molar-refractivity contribution in [2.45, 2.75) is 38.6 Å². The zero-order valence-electron chi connectivity index (χ0n) is 15.2. The van der Waals surface area contributed by atoms with Gasteiger partial charge in [-0.05, 0) is 106 Å². The minimum Gasteiger partial charge on any atom is -0.506 e. The van der Waals surface area contributed by atoms with Crippen LogP contribution < -0.4 is 5.73 Å². The molecule has 0 aliphatic heterocycles. The molecule has 27 heavy (non-hydrogen) atoms. The van der Waals surface area contributed by atoms with E-state index in [1.165, 1.54) is 0 Å². The van der Waals surface area contributed by atoms with Gasteiger partial charge in [0.1, 0.15) is 11.5 Å². The number of hydrogen-bond acceptors (Lipinski definition) is 4. The van der Waals surface area contributed by atoms with Crippen LogP contribution in [0.3, 0.4) is 0 Å². The molecule has 0 amide bonds. The highest BCUT2D eigenvalue weighted by molar-refractivity contribution is 9.11. The molecular formula is C19H23Br4NO3. The summed E-state index contributed by atoms with van der Waals surface area (Å²) in [5, 5.41) is 27.9. The van der Waals surface area contributed by atoms with Crippen molar-refractivity contribution < 1.29 is 15.3 Å². The zero-order chi connectivity index (χ0) is 20.9. The van der Waals surface area contributed by atoms with E-state index in [0.717, 1.165) is 17.5 Å². The highest BCUT2D eigenvalue weighted by Crippen LogP contribution is 2.43. The van der Waals surface area contributed by atoms with Gasteiger partial charge in [-0.25, -0.2) is 0 Å². The molecule has 0 bridgehead atoms. The van der Waals surface area contributed by atoms with Crippen LogP contribution in [-0.4, -0.2) is 28.0 Å². The second-order valence-corrected chi connectivity index (χ2v) is 9.97.